The third kappa shape index (κ3) is 6.35. The van der Waals surface area contributed by atoms with Crippen LogP contribution < -0.4 is 20.1 Å². The highest BCUT2D eigenvalue weighted by molar-refractivity contribution is 7.10. The summed E-state index contributed by atoms with van der Waals surface area (Å²) in [7, 11) is 3.19. The zero-order chi connectivity index (χ0) is 22.1. The maximum Gasteiger partial charge on any atom is 0.191 e. The molecule has 2 heterocycles. The number of likely N-dealkylation sites (tertiary alicyclic amines) is 1. The molecule has 2 atom stereocenters. The maximum absolute atomic E-state index is 10.7. The molecule has 1 aliphatic heterocycles. The van der Waals surface area contributed by atoms with Crippen LogP contribution in [0.25, 0.3) is 0 Å². The number of hydrogen-bond acceptors (Lipinski definition) is 6. The van der Waals surface area contributed by atoms with Gasteiger partial charge in [0.1, 0.15) is 0 Å². The van der Waals surface area contributed by atoms with Crippen molar-refractivity contribution in [3.05, 3.63) is 46.2 Å². The molecule has 1 saturated heterocycles. The molecule has 0 aliphatic carbocycles. The molecule has 7 nitrogen and oxygen atoms in total. The highest BCUT2D eigenvalue weighted by Gasteiger charge is 2.24. The average Bonchev–Trinajstić information content (AvgIpc) is 3.52. The van der Waals surface area contributed by atoms with Crippen LogP contribution in [-0.4, -0.2) is 62.9 Å². The first-order chi connectivity index (χ1) is 15.2. The summed E-state index contributed by atoms with van der Waals surface area (Å²) in [6.07, 6.45) is 1.80. The molecule has 1 aromatic heterocycles. The Kier molecular flexibility index (Phi) is 8.99. The Morgan fingerprint density at radius 1 is 1.16 bits per heavy atom. The van der Waals surface area contributed by atoms with E-state index < -0.39 is 6.10 Å². The number of rotatable bonds is 10. The Morgan fingerprint density at radius 3 is 2.58 bits per heavy atom. The van der Waals surface area contributed by atoms with Gasteiger partial charge in [-0.1, -0.05) is 12.1 Å². The van der Waals surface area contributed by atoms with Crippen LogP contribution >= 0.6 is 11.3 Å². The summed E-state index contributed by atoms with van der Waals surface area (Å²) < 4.78 is 10.6. The van der Waals surface area contributed by atoms with Crippen molar-refractivity contribution in [2.45, 2.75) is 31.9 Å². The molecule has 3 rings (SSSR count). The third-order valence-corrected chi connectivity index (χ3v) is 6.45. The Bertz CT molecular complexity index is 822. The number of benzene rings is 1. The van der Waals surface area contributed by atoms with E-state index in [2.05, 4.69) is 33.0 Å². The first-order valence-corrected chi connectivity index (χ1v) is 11.7. The first-order valence-electron chi connectivity index (χ1n) is 10.9. The van der Waals surface area contributed by atoms with E-state index in [-0.39, 0.29) is 0 Å². The molecular weight excluding hydrogens is 412 g/mol. The van der Waals surface area contributed by atoms with Crippen LogP contribution in [-0.2, 0) is 0 Å². The van der Waals surface area contributed by atoms with Crippen molar-refractivity contribution in [3.63, 3.8) is 0 Å². The molecule has 0 amide bonds. The highest BCUT2D eigenvalue weighted by Crippen LogP contribution is 2.30. The molecule has 1 fully saturated rings. The van der Waals surface area contributed by atoms with Gasteiger partial charge in [-0.25, -0.2) is 0 Å². The number of aliphatic hydroxyl groups is 1. The van der Waals surface area contributed by atoms with Gasteiger partial charge in [0.2, 0.25) is 0 Å². The first kappa shape index (κ1) is 23.4. The van der Waals surface area contributed by atoms with Crippen LogP contribution in [0.4, 0.5) is 0 Å². The molecule has 2 aromatic rings. The van der Waals surface area contributed by atoms with Crippen molar-refractivity contribution < 1.29 is 14.6 Å². The van der Waals surface area contributed by atoms with E-state index in [4.69, 9.17) is 14.5 Å². The second-order valence-corrected chi connectivity index (χ2v) is 8.48. The minimum absolute atomic E-state index is 0.300. The molecule has 3 N–H and O–H groups in total. The zero-order valence-electron chi connectivity index (χ0n) is 18.6. The van der Waals surface area contributed by atoms with E-state index in [0.717, 1.165) is 25.2 Å². The number of hydrogen-bond donors (Lipinski definition) is 3. The SMILES string of the molecule is CCNC(=NCC(c1cccs1)N1CCCC1)NCC(O)c1ccc(OC)c(OC)c1. The lowest BCUT2D eigenvalue weighted by Crippen LogP contribution is -2.40. The average molecular weight is 447 g/mol. The second kappa shape index (κ2) is 11.9. The van der Waals surface area contributed by atoms with Crippen molar-refractivity contribution in [2.24, 2.45) is 4.99 Å². The lowest BCUT2D eigenvalue weighted by molar-refractivity contribution is 0.180. The Morgan fingerprint density at radius 2 is 1.94 bits per heavy atom. The maximum atomic E-state index is 10.7. The van der Waals surface area contributed by atoms with Crippen LogP contribution in [0.5, 0.6) is 11.5 Å². The van der Waals surface area contributed by atoms with E-state index in [1.165, 1.54) is 17.7 Å². The number of ether oxygens (including phenoxy) is 2. The molecule has 0 radical (unpaired) electrons. The van der Waals surface area contributed by atoms with Gasteiger partial charge in [0.05, 0.1) is 32.9 Å². The molecule has 0 spiro atoms. The molecule has 170 valence electrons. The molecular formula is C23H34N4O3S. The smallest absolute Gasteiger partial charge is 0.191 e. The number of guanidine groups is 1. The monoisotopic (exact) mass is 446 g/mol. The van der Waals surface area contributed by atoms with Crippen molar-refractivity contribution >= 4 is 17.3 Å². The Labute approximate surface area is 189 Å². The van der Waals surface area contributed by atoms with Gasteiger partial charge in [-0.3, -0.25) is 9.89 Å². The predicted molar refractivity (Wildman–Crippen MR) is 126 cm³/mol. The molecule has 0 saturated carbocycles. The van der Waals surface area contributed by atoms with E-state index in [1.807, 2.05) is 13.0 Å². The number of methoxy groups -OCH3 is 2. The van der Waals surface area contributed by atoms with Gasteiger partial charge >= 0.3 is 0 Å². The summed E-state index contributed by atoms with van der Waals surface area (Å²) in [5.74, 6) is 1.95. The zero-order valence-corrected chi connectivity index (χ0v) is 19.5. The van der Waals surface area contributed by atoms with E-state index in [9.17, 15) is 5.11 Å². The van der Waals surface area contributed by atoms with Gasteiger partial charge in [-0.15, -0.1) is 11.3 Å². The summed E-state index contributed by atoms with van der Waals surface area (Å²) in [5, 5.41) is 19.4. The molecule has 0 bridgehead atoms. The van der Waals surface area contributed by atoms with Gasteiger partial charge < -0.3 is 25.2 Å². The minimum Gasteiger partial charge on any atom is -0.493 e. The lowest BCUT2D eigenvalue weighted by Gasteiger charge is -2.25. The summed E-state index contributed by atoms with van der Waals surface area (Å²) >= 11 is 1.79. The molecule has 2 unspecified atom stereocenters. The van der Waals surface area contributed by atoms with Gasteiger partial charge in [0, 0.05) is 18.0 Å². The number of nitrogens with zero attached hydrogens (tertiary/aromatic N) is 2. The fourth-order valence-corrected chi connectivity index (χ4v) is 4.66. The lowest BCUT2D eigenvalue weighted by atomic mass is 10.1. The van der Waals surface area contributed by atoms with Crippen LogP contribution in [0, 0.1) is 0 Å². The molecule has 31 heavy (non-hydrogen) atoms. The quantitative estimate of drug-likeness (QED) is 0.384. The number of thiophene rings is 1. The number of aliphatic hydroxyl groups excluding tert-OH is 1. The van der Waals surface area contributed by atoms with Crippen LogP contribution in [0.2, 0.25) is 0 Å². The van der Waals surface area contributed by atoms with Gasteiger partial charge in [-0.05, 0) is 62.0 Å². The summed E-state index contributed by atoms with van der Waals surface area (Å²) in [4.78, 5) is 8.72. The van der Waals surface area contributed by atoms with Gasteiger partial charge in [0.25, 0.3) is 0 Å². The third-order valence-electron chi connectivity index (χ3n) is 5.47. The van der Waals surface area contributed by atoms with Crippen LogP contribution in [0.1, 0.15) is 42.4 Å². The van der Waals surface area contributed by atoms with Gasteiger partial charge in [0.15, 0.2) is 17.5 Å². The van der Waals surface area contributed by atoms with Crippen LogP contribution in [0.15, 0.2) is 40.7 Å². The summed E-state index contributed by atoms with van der Waals surface area (Å²) in [5.41, 5.74) is 0.759. The predicted octanol–water partition coefficient (Wildman–Crippen LogP) is 3.19. The summed E-state index contributed by atoms with van der Waals surface area (Å²) in [6.45, 7) is 6.07. The minimum atomic E-state index is -0.699. The van der Waals surface area contributed by atoms with E-state index >= 15 is 0 Å². The van der Waals surface area contributed by atoms with E-state index in [1.54, 1.807) is 37.7 Å². The molecule has 1 aromatic carbocycles. The number of aliphatic imine (C=N–C) groups is 1. The Balaban J connectivity index is 1.65. The van der Waals surface area contributed by atoms with Crippen LogP contribution in [0.3, 0.4) is 0 Å². The van der Waals surface area contributed by atoms with Crippen molar-refractivity contribution in [2.75, 3.05) is 46.9 Å². The molecule has 8 heteroatoms. The highest BCUT2D eigenvalue weighted by atomic mass is 32.1. The number of nitrogens with one attached hydrogen (secondary N) is 2. The fourth-order valence-electron chi connectivity index (χ4n) is 3.81. The summed E-state index contributed by atoms with van der Waals surface area (Å²) in [6, 6.07) is 10.1. The van der Waals surface area contributed by atoms with E-state index in [0.29, 0.717) is 36.6 Å². The van der Waals surface area contributed by atoms with Crippen molar-refractivity contribution in [3.8, 4) is 11.5 Å². The standard InChI is InChI=1S/C23H34N4O3S/c1-4-24-23(25-15-18(22-8-7-13-31-22)27-11-5-6-12-27)26-16-19(28)17-9-10-20(29-2)21(14-17)30-3/h7-10,13-14,18-19,28H,4-6,11-12,15-16H2,1-3H3,(H2,24,25,26). The fraction of sp³-hybridized carbons (Fsp3) is 0.522. The van der Waals surface area contributed by atoms with Crippen molar-refractivity contribution in [1.82, 2.24) is 15.5 Å². The largest absolute Gasteiger partial charge is 0.493 e. The second-order valence-electron chi connectivity index (χ2n) is 7.51. The van der Waals surface area contributed by atoms with Gasteiger partial charge in [-0.2, -0.15) is 0 Å². The Hall–Kier alpha value is -2.29. The molecule has 1 aliphatic rings. The van der Waals surface area contributed by atoms with Crippen molar-refractivity contribution in [1.29, 1.82) is 0 Å². The topological polar surface area (TPSA) is 78.4 Å². The normalized spacial score (nSPS) is 16.7.